The zero-order chi connectivity index (χ0) is 14.7. The van der Waals surface area contributed by atoms with Gasteiger partial charge in [0.05, 0.1) is 13.7 Å². The van der Waals surface area contributed by atoms with E-state index in [1.807, 2.05) is 24.3 Å². The Morgan fingerprint density at radius 1 is 1.43 bits per heavy atom. The second-order valence-corrected chi connectivity index (χ2v) is 4.85. The summed E-state index contributed by atoms with van der Waals surface area (Å²) in [5.41, 5.74) is 2.34. The highest BCUT2D eigenvalue weighted by molar-refractivity contribution is 5.88. The van der Waals surface area contributed by atoms with Crippen LogP contribution < -0.4 is 10.1 Å². The summed E-state index contributed by atoms with van der Waals surface area (Å²) in [4.78, 5) is 15.4. The Hall–Kier alpha value is -2.56. The van der Waals surface area contributed by atoms with Crippen LogP contribution in [0.5, 0.6) is 5.75 Å². The van der Waals surface area contributed by atoms with Crippen LogP contribution in [0, 0.1) is 0 Å². The van der Waals surface area contributed by atoms with E-state index >= 15 is 0 Å². The Kier molecular flexibility index (Phi) is 3.73. The number of nitrogens with one attached hydrogen (secondary N) is 1. The average molecular weight is 284 g/mol. The lowest BCUT2D eigenvalue weighted by molar-refractivity contribution is 0.0594. The Morgan fingerprint density at radius 3 is 3.10 bits per heavy atom. The lowest BCUT2D eigenvalue weighted by atomic mass is 10.1. The van der Waals surface area contributed by atoms with Crippen LogP contribution in [0.1, 0.15) is 16.1 Å². The van der Waals surface area contributed by atoms with Crippen molar-refractivity contribution in [1.29, 1.82) is 0 Å². The molecule has 0 amide bonds. The van der Waals surface area contributed by atoms with Crippen molar-refractivity contribution in [2.45, 2.75) is 12.5 Å². The van der Waals surface area contributed by atoms with E-state index in [-0.39, 0.29) is 11.8 Å². The average Bonchev–Trinajstić information content (AvgIpc) is 2.95. The number of para-hydroxylation sites is 1. The molecule has 1 aliphatic heterocycles. The standard InChI is InChI=1S/C16H16N2O3/c1-20-16(19)14-9-12(6-7-17-14)18-10-13-8-11-4-2-3-5-15(11)21-13/h2-7,9,13H,8,10H2,1H3,(H,17,18). The lowest BCUT2D eigenvalue weighted by Gasteiger charge is -2.13. The van der Waals surface area contributed by atoms with Crippen LogP contribution in [0.3, 0.4) is 0 Å². The lowest BCUT2D eigenvalue weighted by Crippen LogP contribution is -2.24. The molecule has 1 aromatic carbocycles. The highest BCUT2D eigenvalue weighted by atomic mass is 16.5. The van der Waals surface area contributed by atoms with E-state index < -0.39 is 5.97 Å². The fraction of sp³-hybridized carbons (Fsp3) is 0.250. The normalized spacial score (nSPS) is 16.0. The number of rotatable bonds is 4. The number of aromatic nitrogens is 1. The molecule has 0 bridgehead atoms. The fourth-order valence-electron chi connectivity index (χ4n) is 2.36. The minimum Gasteiger partial charge on any atom is -0.488 e. The first-order chi connectivity index (χ1) is 10.3. The second kappa shape index (κ2) is 5.83. The number of pyridine rings is 1. The number of fused-ring (bicyclic) bond motifs is 1. The molecule has 1 atom stereocenters. The summed E-state index contributed by atoms with van der Waals surface area (Å²) in [5.74, 6) is 0.512. The van der Waals surface area contributed by atoms with Crippen LogP contribution in [-0.4, -0.2) is 30.7 Å². The first-order valence-electron chi connectivity index (χ1n) is 6.79. The van der Waals surface area contributed by atoms with E-state index in [4.69, 9.17) is 4.74 Å². The molecule has 1 unspecified atom stereocenters. The van der Waals surface area contributed by atoms with Gasteiger partial charge < -0.3 is 14.8 Å². The van der Waals surface area contributed by atoms with Gasteiger partial charge in [0.25, 0.3) is 0 Å². The SMILES string of the molecule is COC(=O)c1cc(NCC2Cc3ccccc3O2)ccn1. The molecular weight excluding hydrogens is 268 g/mol. The van der Waals surface area contributed by atoms with Gasteiger partial charge in [-0.05, 0) is 23.8 Å². The van der Waals surface area contributed by atoms with Crippen LogP contribution >= 0.6 is 0 Å². The highest BCUT2D eigenvalue weighted by Gasteiger charge is 2.21. The van der Waals surface area contributed by atoms with Crippen molar-refractivity contribution in [3.63, 3.8) is 0 Å². The van der Waals surface area contributed by atoms with Crippen molar-refractivity contribution in [3.8, 4) is 5.75 Å². The maximum atomic E-state index is 11.4. The molecule has 3 rings (SSSR count). The molecule has 5 heteroatoms. The molecule has 0 saturated heterocycles. The van der Waals surface area contributed by atoms with E-state index in [2.05, 4.69) is 21.1 Å². The molecule has 5 nitrogen and oxygen atoms in total. The summed E-state index contributed by atoms with van der Waals surface area (Å²) in [7, 11) is 1.34. The molecule has 0 radical (unpaired) electrons. The van der Waals surface area contributed by atoms with Gasteiger partial charge >= 0.3 is 5.97 Å². The quantitative estimate of drug-likeness (QED) is 0.873. The maximum absolute atomic E-state index is 11.4. The first-order valence-corrected chi connectivity index (χ1v) is 6.79. The monoisotopic (exact) mass is 284 g/mol. The second-order valence-electron chi connectivity index (χ2n) is 4.85. The van der Waals surface area contributed by atoms with Crippen molar-refractivity contribution < 1.29 is 14.3 Å². The van der Waals surface area contributed by atoms with E-state index in [1.54, 1.807) is 12.3 Å². The smallest absolute Gasteiger partial charge is 0.356 e. The molecule has 108 valence electrons. The largest absolute Gasteiger partial charge is 0.488 e. The predicted octanol–water partition coefficient (Wildman–Crippen LogP) is 2.28. The molecule has 1 aliphatic rings. The van der Waals surface area contributed by atoms with Crippen LogP contribution in [0.25, 0.3) is 0 Å². The van der Waals surface area contributed by atoms with Crippen molar-refractivity contribution in [2.75, 3.05) is 19.0 Å². The van der Waals surface area contributed by atoms with Gasteiger partial charge in [-0.25, -0.2) is 9.78 Å². The Labute approximate surface area is 122 Å². The van der Waals surface area contributed by atoms with E-state index in [0.29, 0.717) is 6.54 Å². The number of ether oxygens (including phenoxy) is 2. The third-order valence-electron chi connectivity index (χ3n) is 3.40. The number of anilines is 1. The van der Waals surface area contributed by atoms with E-state index in [9.17, 15) is 4.79 Å². The number of nitrogens with zero attached hydrogens (tertiary/aromatic N) is 1. The Morgan fingerprint density at radius 2 is 2.29 bits per heavy atom. The summed E-state index contributed by atoms with van der Waals surface area (Å²) in [6.07, 6.45) is 2.56. The summed E-state index contributed by atoms with van der Waals surface area (Å²) in [6.45, 7) is 0.666. The van der Waals surface area contributed by atoms with Gasteiger partial charge in [-0.1, -0.05) is 18.2 Å². The molecule has 2 aromatic rings. The van der Waals surface area contributed by atoms with Gasteiger partial charge in [-0.15, -0.1) is 0 Å². The van der Waals surface area contributed by atoms with Crippen LogP contribution in [0.2, 0.25) is 0 Å². The number of benzene rings is 1. The molecule has 0 saturated carbocycles. The number of hydrogen-bond donors (Lipinski definition) is 1. The molecule has 0 aliphatic carbocycles. The molecule has 1 aromatic heterocycles. The third kappa shape index (κ3) is 2.97. The number of esters is 1. The molecule has 21 heavy (non-hydrogen) atoms. The minimum absolute atomic E-state index is 0.0946. The molecule has 0 spiro atoms. The predicted molar refractivity (Wildman–Crippen MR) is 78.6 cm³/mol. The summed E-state index contributed by atoms with van der Waals surface area (Å²) in [6, 6.07) is 11.5. The summed E-state index contributed by atoms with van der Waals surface area (Å²) < 4.78 is 10.5. The van der Waals surface area contributed by atoms with Crippen molar-refractivity contribution in [3.05, 3.63) is 53.9 Å². The summed E-state index contributed by atoms with van der Waals surface area (Å²) >= 11 is 0. The van der Waals surface area contributed by atoms with Crippen molar-refractivity contribution in [2.24, 2.45) is 0 Å². The molecule has 1 N–H and O–H groups in total. The van der Waals surface area contributed by atoms with Crippen molar-refractivity contribution >= 4 is 11.7 Å². The summed E-state index contributed by atoms with van der Waals surface area (Å²) in [5, 5.41) is 3.27. The van der Waals surface area contributed by atoms with E-state index in [0.717, 1.165) is 17.9 Å². The van der Waals surface area contributed by atoms with Crippen molar-refractivity contribution in [1.82, 2.24) is 4.98 Å². The number of methoxy groups -OCH3 is 1. The maximum Gasteiger partial charge on any atom is 0.356 e. The van der Waals surface area contributed by atoms with Gasteiger partial charge in [0, 0.05) is 18.3 Å². The topological polar surface area (TPSA) is 60.5 Å². The number of carbonyl (C=O) groups is 1. The first kappa shape index (κ1) is 13.4. The molecule has 2 heterocycles. The highest BCUT2D eigenvalue weighted by Crippen LogP contribution is 2.28. The van der Waals surface area contributed by atoms with Gasteiger partial charge in [-0.3, -0.25) is 0 Å². The van der Waals surface area contributed by atoms with Gasteiger partial charge in [-0.2, -0.15) is 0 Å². The Bertz CT molecular complexity index is 632. The van der Waals surface area contributed by atoms with Gasteiger partial charge in [0.1, 0.15) is 17.5 Å². The van der Waals surface area contributed by atoms with Gasteiger partial charge in [0.15, 0.2) is 0 Å². The van der Waals surface area contributed by atoms with E-state index in [1.165, 1.54) is 12.7 Å². The molecule has 0 fully saturated rings. The minimum atomic E-state index is -0.442. The van der Waals surface area contributed by atoms with Gasteiger partial charge in [0.2, 0.25) is 0 Å². The number of hydrogen-bond acceptors (Lipinski definition) is 5. The van der Waals surface area contributed by atoms with Crippen LogP contribution in [0.4, 0.5) is 5.69 Å². The number of carbonyl (C=O) groups excluding carboxylic acids is 1. The third-order valence-corrected chi connectivity index (χ3v) is 3.40. The fourth-order valence-corrected chi connectivity index (χ4v) is 2.36. The molecular formula is C16H16N2O3. The van der Waals surface area contributed by atoms with Crippen LogP contribution in [0.15, 0.2) is 42.6 Å². The zero-order valence-electron chi connectivity index (χ0n) is 11.7. The zero-order valence-corrected chi connectivity index (χ0v) is 11.7. The van der Waals surface area contributed by atoms with Crippen LogP contribution in [-0.2, 0) is 11.2 Å². The Balaban J connectivity index is 1.61.